The monoisotopic (exact) mass is 400 g/mol. The summed E-state index contributed by atoms with van der Waals surface area (Å²) in [5.41, 5.74) is 0.965. The second-order valence-electron chi connectivity index (χ2n) is 5.64. The summed E-state index contributed by atoms with van der Waals surface area (Å²) in [5.74, 6) is -4.91. The first-order valence-corrected chi connectivity index (χ1v) is 8.10. The summed E-state index contributed by atoms with van der Waals surface area (Å²) in [4.78, 5) is 44.4. The van der Waals surface area contributed by atoms with Crippen molar-refractivity contribution in [3.8, 4) is 0 Å². The van der Waals surface area contributed by atoms with Gasteiger partial charge in [0.15, 0.2) is 0 Å². The molecule has 0 unspecified atom stereocenters. The zero-order chi connectivity index (χ0) is 21.5. The molecule has 28 heavy (non-hydrogen) atoms. The van der Waals surface area contributed by atoms with E-state index in [1.807, 2.05) is 30.3 Å². The molecular weight excluding hydrogens is 376 g/mol. The Bertz CT molecular complexity index is 569. The molecule has 0 spiro atoms. The predicted octanol–water partition coefficient (Wildman–Crippen LogP) is -0.892. The standard InChI is InChI=1S/C10H16N2O8.C7H8O/c13-7(14)3-11(4-8(15)16)1-2-12(5-9(17)18)6-10(19)20;8-6-7-4-2-1-3-5-7/h1-6H2,(H,13,14)(H,15,16)(H,17,18)(H,19,20);1-5,8H,6H2. The quantitative estimate of drug-likeness (QED) is 0.294. The van der Waals surface area contributed by atoms with E-state index in [0.29, 0.717) is 0 Å². The molecule has 0 aliphatic heterocycles. The van der Waals surface area contributed by atoms with Gasteiger partial charge in [-0.15, -0.1) is 0 Å². The molecule has 0 amide bonds. The Morgan fingerprint density at radius 2 is 0.964 bits per heavy atom. The van der Waals surface area contributed by atoms with Crippen LogP contribution in [0.5, 0.6) is 0 Å². The molecule has 0 atom stereocenters. The van der Waals surface area contributed by atoms with Crippen molar-refractivity contribution in [1.82, 2.24) is 9.80 Å². The van der Waals surface area contributed by atoms with Crippen LogP contribution in [0.15, 0.2) is 30.3 Å². The average molecular weight is 400 g/mol. The molecule has 1 aromatic carbocycles. The number of aliphatic carboxylic acids is 4. The SMILES string of the molecule is O=C(O)CN(CCN(CC(=O)O)CC(=O)O)CC(=O)O.OCc1ccccc1. The Balaban J connectivity index is 0.000000749. The highest BCUT2D eigenvalue weighted by Gasteiger charge is 2.17. The van der Waals surface area contributed by atoms with Crippen molar-refractivity contribution in [2.75, 3.05) is 39.3 Å². The number of carboxylic acid groups (broad SMARTS) is 4. The van der Waals surface area contributed by atoms with Gasteiger partial charge in [-0.3, -0.25) is 29.0 Å². The van der Waals surface area contributed by atoms with Crippen LogP contribution in [0.1, 0.15) is 5.56 Å². The van der Waals surface area contributed by atoms with E-state index in [-0.39, 0.29) is 19.7 Å². The molecule has 1 rings (SSSR count). The molecule has 0 bridgehead atoms. The van der Waals surface area contributed by atoms with Crippen molar-refractivity contribution in [2.45, 2.75) is 6.61 Å². The molecule has 156 valence electrons. The number of benzene rings is 1. The summed E-state index contributed by atoms with van der Waals surface area (Å²) in [6.07, 6.45) is 0. The maximum Gasteiger partial charge on any atom is 0.317 e. The number of hydrogen-bond donors (Lipinski definition) is 5. The number of nitrogens with zero attached hydrogens (tertiary/aromatic N) is 2. The van der Waals surface area contributed by atoms with Crippen LogP contribution in [-0.4, -0.2) is 98.5 Å². The predicted molar refractivity (Wildman–Crippen MR) is 95.8 cm³/mol. The molecule has 0 heterocycles. The van der Waals surface area contributed by atoms with Gasteiger partial charge in [-0.1, -0.05) is 30.3 Å². The molecule has 0 aromatic heterocycles. The van der Waals surface area contributed by atoms with Crippen LogP contribution in [0.25, 0.3) is 0 Å². The van der Waals surface area contributed by atoms with Gasteiger partial charge in [-0.05, 0) is 5.56 Å². The molecule has 5 N–H and O–H groups in total. The van der Waals surface area contributed by atoms with Crippen LogP contribution in [-0.2, 0) is 25.8 Å². The summed E-state index contributed by atoms with van der Waals surface area (Å²) in [7, 11) is 0. The fourth-order valence-electron chi connectivity index (χ4n) is 2.06. The molecule has 11 heteroatoms. The first-order chi connectivity index (χ1) is 13.1. The largest absolute Gasteiger partial charge is 0.480 e. The topological polar surface area (TPSA) is 176 Å². The van der Waals surface area contributed by atoms with Gasteiger partial charge in [0.25, 0.3) is 0 Å². The van der Waals surface area contributed by atoms with E-state index < -0.39 is 50.1 Å². The number of aliphatic hydroxyl groups is 1. The second-order valence-corrected chi connectivity index (χ2v) is 5.64. The molecule has 0 saturated carbocycles. The molecular formula is C17H24N2O9. The molecule has 0 fully saturated rings. The van der Waals surface area contributed by atoms with Gasteiger partial charge in [0, 0.05) is 13.1 Å². The normalized spacial score (nSPS) is 10.2. The highest BCUT2D eigenvalue weighted by atomic mass is 16.4. The minimum Gasteiger partial charge on any atom is -0.480 e. The molecule has 0 aliphatic carbocycles. The van der Waals surface area contributed by atoms with Crippen LogP contribution in [0.4, 0.5) is 0 Å². The zero-order valence-corrected chi connectivity index (χ0v) is 15.1. The van der Waals surface area contributed by atoms with E-state index in [1.165, 1.54) is 0 Å². The molecule has 1 aromatic rings. The third kappa shape index (κ3) is 14.2. The number of hydrogen-bond acceptors (Lipinski definition) is 7. The van der Waals surface area contributed by atoms with E-state index >= 15 is 0 Å². The van der Waals surface area contributed by atoms with E-state index in [1.54, 1.807) is 0 Å². The smallest absolute Gasteiger partial charge is 0.317 e. The van der Waals surface area contributed by atoms with Crippen LogP contribution >= 0.6 is 0 Å². The third-order valence-corrected chi connectivity index (χ3v) is 3.19. The summed E-state index contributed by atoms with van der Waals surface area (Å²) in [6, 6.07) is 9.52. The van der Waals surface area contributed by atoms with E-state index in [9.17, 15) is 19.2 Å². The van der Waals surface area contributed by atoms with Crippen molar-refractivity contribution in [1.29, 1.82) is 0 Å². The molecule has 0 saturated heterocycles. The Morgan fingerprint density at radius 3 is 1.18 bits per heavy atom. The van der Waals surface area contributed by atoms with Crippen molar-refractivity contribution in [3.63, 3.8) is 0 Å². The van der Waals surface area contributed by atoms with Crippen molar-refractivity contribution in [2.24, 2.45) is 0 Å². The molecule has 0 radical (unpaired) electrons. The van der Waals surface area contributed by atoms with Gasteiger partial charge in [0.05, 0.1) is 32.8 Å². The summed E-state index contributed by atoms with van der Waals surface area (Å²) >= 11 is 0. The summed E-state index contributed by atoms with van der Waals surface area (Å²) in [5, 5.41) is 43.0. The van der Waals surface area contributed by atoms with Crippen LogP contribution in [0.3, 0.4) is 0 Å². The highest BCUT2D eigenvalue weighted by molar-refractivity contribution is 5.73. The minimum absolute atomic E-state index is 0.0703. The van der Waals surface area contributed by atoms with Crippen molar-refractivity contribution in [3.05, 3.63) is 35.9 Å². The number of aliphatic hydroxyl groups excluding tert-OH is 1. The Hall–Kier alpha value is -3.02. The lowest BCUT2D eigenvalue weighted by molar-refractivity contribution is -0.145. The third-order valence-electron chi connectivity index (χ3n) is 3.19. The summed E-state index contributed by atoms with van der Waals surface area (Å²) in [6.45, 7) is -2.11. The lowest BCUT2D eigenvalue weighted by atomic mass is 10.2. The van der Waals surface area contributed by atoms with Gasteiger partial charge < -0.3 is 25.5 Å². The first kappa shape index (κ1) is 25.0. The lowest BCUT2D eigenvalue weighted by Crippen LogP contribution is -2.43. The Labute approximate surface area is 161 Å². The Kier molecular flexibility index (Phi) is 12.6. The van der Waals surface area contributed by atoms with E-state index in [0.717, 1.165) is 15.4 Å². The van der Waals surface area contributed by atoms with E-state index in [2.05, 4.69) is 0 Å². The average Bonchev–Trinajstić information content (AvgIpc) is 2.59. The maximum absolute atomic E-state index is 10.6. The lowest BCUT2D eigenvalue weighted by Gasteiger charge is -2.23. The van der Waals surface area contributed by atoms with Gasteiger partial charge in [-0.25, -0.2) is 0 Å². The summed E-state index contributed by atoms with van der Waals surface area (Å²) < 4.78 is 0. The minimum atomic E-state index is -1.23. The van der Waals surface area contributed by atoms with Gasteiger partial charge in [0.2, 0.25) is 0 Å². The maximum atomic E-state index is 10.6. The second kappa shape index (κ2) is 14.1. The molecule has 0 aliphatic rings. The van der Waals surface area contributed by atoms with Crippen LogP contribution < -0.4 is 0 Å². The van der Waals surface area contributed by atoms with Gasteiger partial charge in [0.1, 0.15) is 0 Å². The number of rotatable bonds is 12. The van der Waals surface area contributed by atoms with E-state index in [4.69, 9.17) is 25.5 Å². The fourth-order valence-corrected chi connectivity index (χ4v) is 2.06. The number of carbonyl (C=O) groups is 4. The number of carboxylic acids is 4. The van der Waals surface area contributed by atoms with Gasteiger partial charge in [-0.2, -0.15) is 0 Å². The first-order valence-electron chi connectivity index (χ1n) is 8.10. The van der Waals surface area contributed by atoms with Gasteiger partial charge >= 0.3 is 23.9 Å². The molecule has 11 nitrogen and oxygen atoms in total. The van der Waals surface area contributed by atoms with Crippen LogP contribution in [0, 0.1) is 0 Å². The Morgan fingerprint density at radius 1 is 0.643 bits per heavy atom. The fraction of sp³-hybridized carbons (Fsp3) is 0.412. The van der Waals surface area contributed by atoms with Crippen LogP contribution in [0.2, 0.25) is 0 Å². The zero-order valence-electron chi connectivity index (χ0n) is 15.1. The highest BCUT2D eigenvalue weighted by Crippen LogP contribution is 1.96. The van der Waals surface area contributed by atoms with Crippen molar-refractivity contribution >= 4 is 23.9 Å². The van der Waals surface area contributed by atoms with Crippen molar-refractivity contribution < 1.29 is 44.7 Å².